The van der Waals surface area contributed by atoms with Crippen LogP contribution < -0.4 is 10.1 Å². The molecule has 4 heteroatoms. The summed E-state index contributed by atoms with van der Waals surface area (Å²) >= 11 is 9.50. The van der Waals surface area contributed by atoms with Gasteiger partial charge in [0, 0.05) is 22.1 Å². The number of rotatable bonds is 6. The summed E-state index contributed by atoms with van der Waals surface area (Å²) in [5.74, 6) is 0.943. The quantitative estimate of drug-likeness (QED) is 0.788. The monoisotopic (exact) mass is 367 g/mol. The van der Waals surface area contributed by atoms with Gasteiger partial charge in [-0.3, -0.25) is 0 Å². The normalized spacial score (nSPS) is 12.2. The highest BCUT2D eigenvalue weighted by Crippen LogP contribution is 2.22. The van der Waals surface area contributed by atoms with Crippen LogP contribution in [0, 0.1) is 0 Å². The molecule has 0 aliphatic heterocycles. The summed E-state index contributed by atoms with van der Waals surface area (Å²) in [6, 6.07) is 14.4. The first-order chi connectivity index (χ1) is 10.1. The minimum atomic E-state index is 0.351. The maximum Gasteiger partial charge on any atom is 0.122 e. The van der Waals surface area contributed by atoms with E-state index in [0.717, 1.165) is 28.2 Å². The second-order valence-corrected chi connectivity index (χ2v) is 6.32. The summed E-state index contributed by atoms with van der Waals surface area (Å²) in [5.41, 5.74) is 2.42. The largest absolute Gasteiger partial charge is 0.496 e. The Morgan fingerprint density at radius 3 is 2.67 bits per heavy atom. The molecule has 21 heavy (non-hydrogen) atoms. The van der Waals surface area contributed by atoms with E-state index >= 15 is 0 Å². The number of nitrogens with one attached hydrogen (secondary N) is 1. The smallest absolute Gasteiger partial charge is 0.122 e. The molecule has 0 saturated heterocycles. The van der Waals surface area contributed by atoms with E-state index in [2.05, 4.69) is 34.2 Å². The van der Waals surface area contributed by atoms with E-state index in [9.17, 15) is 0 Å². The van der Waals surface area contributed by atoms with Gasteiger partial charge in [-0.05, 0) is 42.7 Å². The molecule has 0 heterocycles. The molecule has 0 amide bonds. The van der Waals surface area contributed by atoms with E-state index in [0.29, 0.717) is 6.04 Å². The van der Waals surface area contributed by atoms with Crippen LogP contribution in [0.2, 0.25) is 5.02 Å². The Bertz CT molecular complexity index is 603. The number of hydrogen-bond donors (Lipinski definition) is 1. The van der Waals surface area contributed by atoms with E-state index in [1.165, 1.54) is 11.1 Å². The van der Waals surface area contributed by atoms with Crippen LogP contribution in [-0.4, -0.2) is 13.2 Å². The summed E-state index contributed by atoms with van der Waals surface area (Å²) in [5, 5.41) is 4.27. The van der Waals surface area contributed by atoms with Crippen molar-refractivity contribution in [2.45, 2.75) is 25.9 Å². The molecule has 1 unspecified atom stereocenters. The van der Waals surface area contributed by atoms with Crippen LogP contribution in [0.15, 0.2) is 46.9 Å². The highest BCUT2D eigenvalue weighted by molar-refractivity contribution is 9.10. The summed E-state index contributed by atoms with van der Waals surface area (Å²) in [7, 11) is 1.71. The molecule has 2 nitrogen and oxygen atoms in total. The van der Waals surface area contributed by atoms with E-state index in [4.69, 9.17) is 16.3 Å². The number of benzene rings is 2. The van der Waals surface area contributed by atoms with E-state index in [1.807, 2.05) is 36.4 Å². The summed E-state index contributed by atoms with van der Waals surface area (Å²) in [4.78, 5) is 0. The predicted molar refractivity (Wildman–Crippen MR) is 92.2 cm³/mol. The molecule has 0 aliphatic rings. The van der Waals surface area contributed by atoms with Crippen LogP contribution in [0.5, 0.6) is 5.75 Å². The summed E-state index contributed by atoms with van der Waals surface area (Å²) in [6.45, 7) is 2.98. The SMILES string of the molecule is COc1ccccc1CC(C)NCc1ccc(Cl)cc1Br. The molecule has 0 spiro atoms. The van der Waals surface area contributed by atoms with Crippen molar-refractivity contribution in [2.24, 2.45) is 0 Å². The molecule has 2 aromatic carbocycles. The lowest BCUT2D eigenvalue weighted by Gasteiger charge is -2.16. The Balaban J connectivity index is 1.94. The van der Waals surface area contributed by atoms with Gasteiger partial charge in [-0.1, -0.05) is 51.8 Å². The van der Waals surface area contributed by atoms with Gasteiger partial charge in [-0.25, -0.2) is 0 Å². The van der Waals surface area contributed by atoms with Gasteiger partial charge in [0.15, 0.2) is 0 Å². The van der Waals surface area contributed by atoms with Crippen LogP contribution in [0.3, 0.4) is 0 Å². The Kier molecular flexibility index (Phi) is 6.09. The fourth-order valence-corrected chi connectivity index (χ4v) is 3.05. The second kappa shape index (κ2) is 7.83. The van der Waals surface area contributed by atoms with Crippen LogP contribution in [-0.2, 0) is 13.0 Å². The highest BCUT2D eigenvalue weighted by atomic mass is 79.9. The zero-order valence-electron chi connectivity index (χ0n) is 12.2. The van der Waals surface area contributed by atoms with E-state index in [1.54, 1.807) is 7.11 Å². The molecule has 0 fully saturated rings. The van der Waals surface area contributed by atoms with Crippen LogP contribution >= 0.6 is 27.5 Å². The molecule has 2 rings (SSSR count). The van der Waals surface area contributed by atoms with Crippen molar-refractivity contribution < 1.29 is 4.74 Å². The van der Waals surface area contributed by atoms with Crippen molar-refractivity contribution in [3.8, 4) is 5.75 Å². The zero-order valence-corrected chi connectivity index (χ0v) is 14.5. The van der Waals surface area contributed by atoms with Gasteiger partial charge in [0.1, 0.15) is 5.75 Å². The van der Waals surface area contributed by atoms with Crippen molar-refractivity contribution in [3.05, 3.63) is 63.1 Å². The van der Waals surface area contributed by atoms with Gasteiger partial charge in [-0.15, -0.1) is 0 Å². The average molecular weight is 369 g/mol. The lowest BCUT2D eigenvalue weighted by Crippen LogP contribution is -2.27. The Morgan fingerprint density at radius 2 is 1.95 bits per heavy atom. The van der Waals surface area contributed by atoms with Crippen molar-refractivity contribution in [1.82, 2.24) is 5.32 Å². The molecule has 1 N–H and O–H groups in total. The standard InChI is InChI=1S/C17H19BrClNO/c1-12(9-13-5-3-4-6-17(13)21-2)20-11-14-7-8-15(19)10-16(14)18/h3-8,10,12,20H,9,11H2,1-2H3. The number of para-hydroxylation sites is 1. The zero-order chi connectivity index (χ0) is 15.2. The topological polar surface area (TPSA) is 21.3 Å². The van der Waals surface area contributed by atoms with Gasteiger partial charge in [0.25, 0.3) is 0 Å². The fraction of sp³-hybridized carbons (Fsp3) is 0.294. The summed E-state index contributed by atoms with van der Waals surface area (Å²) in [6.07, 6.45) is 0.926. The van der Waals surface area contributed by atoms with Crippen molar-refractivity contribution in [1.29, 1.82) is 0 Å². The van der Waals surface area contributed by atoms with Gasteiger partial charge in [0.05, 0.1) is 7.11 Å². The first kappa shape index (κ1) is 16.3. The third-order valence-corrected chi connectivity index (χ3v) is 4.35. The van der Waals surface area contributed by atoms with E-state index < -0.39 is 0 Å². The van der Waals surface area contributed by atoms with Crippen molar-refractivity contribution in [3.63, 3.8) is 0 Å². The number of methoxy groups -OCH3 is 1. The average Bonchev–Trinajstić information content (AvgIpc) is 2.47. The minimum Gasteiger partial charge on any atom is -0.496 e. The number of ether oxygens (including phenoxy) is 1. The first-order valence-electron chi connectivity index (χ1n) is 6.89. The van der Waals surface area contributed by atoms with Gasteiger partial charge >= 0.3 is 0 Å². The molecular formula is C17H19BrClNO. The lowest BCUT2D eigenvalue weighted by molar-refractivity contribution is 0.406. The number of halogens is 2. The Morgan fingerprint density at radius 1 is 1.19 bits per heavy atom. The second-order valence-electron chi connectivity index (χ2n) is 5.03. The molecule has 112 valence electrons. The molecular weight excluding hydrogens is 350 g/mol. The molecule has 0 radical (unpaired) electrons. The lowest BCUT2D eigenvalue weighted by atomic mass is 10.1. The number of hydrogen-bond acceptors (Lipinski definition) is 2. The molecule has 1 atom stereocenters. The fourth-order valence-electron chi connectivity index (χ4n) is 2.22. The Hall–Kier alpha value is -1.03. The van der Waals surface area contributed by atoms with Crippen LogP contribution in [0.25, 0.3) is 0 Å². The minimum absolute atomic E-state index is 0.351. The molecule has 0 bridgehead atoms. The van der Waals surface area contributed by atoms with Crippen LogP contribution in [0.4, 0.5) is 0 Å². The third kappa shape index (κ3) is 4.73. The van der Waals surface area contributed by atoms with Gasteiger partial charge < -0.3 is 10.1 Å². The third-order valence-electron chi connectivity index (χ3n) is 3.37. The molecule has 0 saturated carbocycles. The maximum atomic E-state index is 5.96. The Labute approximate surface area is 139 Å². The van der Waals surface area contributed by atoms with Gasteiger partial charge in [0.2, 0.25) is 0 Å². The maximum absolute atomic E-state index is 5.96. The van der Waals surface area contributed by atoms with Crippen molar-refractivity contribution in [2.75, 3.05) is 7.11 Å². The van der Waals surface area contributed by atoms with Crippen molar-refractivity contribution >= 4 is 27.5 Å². The molecule has 2 aromatic rings. The van der Waals surface area contributed by atoms with Crippen LogP contribution in [0.1, 0.15) is 18.1 Å². The predicted octanol–water partition coefficient (Wildman–Crippen LogP) is 4.83. The molecule has 0 aromatic heterocycles. The molecule has 0 aliphatic carbocycles. The van der Waals surface area contributed by atoms with E-state index in [-0.39, 0.29) is 0 Å². The highest BCUT2D eigenvalue weighted by Gasteiger charge is 2.08. The first-order valence-corrected chi connectivity index (χ1v) is 8.06. The van der Waals surface area contributed by atoms with Gasteiger partial charge in [-0.2, -0.15) is 0 Å². The summed E-state index contributed by atoms with van der Waals surface area (Å²) < 4.78 is 6.43.